The van der Waals surface area contributed by atoms with Crippen LogP contribution in [0.5, 0.6) is 0 Å². The van der Waals surface area contributed by atoms with Gasteiger partial charge in [0.1, 0.15) is 0 Å². The van der Waals surface area contributed by atoms with Crippen LogP contribution < -0.4 is 10.6 Å². The Morgan fingerprint density at radius 2 is 1.72 bits per heavy atom. The van der Waals surface area contributed by atoms with E-state index in [0.717, 1.165) is 16.7 Å². The lowest BCUT2D eigenvalue weighted by Crippen LogP contribution is -2.31. The molecule has 0 unspecified atom stereocenters. The molecule has 0 aromatic heterocycles. The van der Waals surface area contributed by atoms with Gasteiger partial charge in [0, 0.05) is 24.3 Å². The Kier molecular flexibility index (Phi) is 6.15. The first-order valence-corrected chi connectivity index (χ1v) is 10.2. The minimum atomic E-state index is -0.499. The van der Waals surface area contributed by atoms with E-state index in [1.54, 1.807) is 35.2 Å². The molecule has 0 spiro atoms. The normalized spacial score (nSPS) is 13.1. The van der Waals surface area contributed by atoms with E-state index in [2.05, 4.69) is 16.7 Å². The van der Waals surface area contributed by atoms with Crippen LogP contribution in [0.2, 0.25) is 0 Å². The summed E-state index contributed by atoms with van der Waals surface area (Å²) in [6, 6.07) is 22.7. The molecule has 7 heteroatoms. The highest BCUT2D eigenvalue weighted by atomic mass is 16.3. The van der Waals surface area contributed by atoms with Crippen LogP contribution in [0, 0.1) is 11.3 Å². The number of urea groups is 1. The maximum Gasteiger partial charge on any atom is 0.322 e. The summed E-state index contributed by atoms with van der Waals surface area (Å²) in [7, 11) is 0. The second kappa shape index (κ2) is 9.33. The highest BCUT2D eigenvalue weighted by molar-refractivity contribution is 5.95. The minimum absolute atomic E-state index is 0.210. The van der Waals surface area contributed by atoms with Crippen molar-refractivity contribution in [2.24, 2.45) is 0 Å². The summed E-state index contributed by atoms with van der Waals surface area (Å²) in [5.74, 6) is -0.311. The number of nitrogens with one attached hydrogen (secondary N) is 2. The van der Waals surface area contributed by atoms with Gasteiger partial charge in [-0.25, -0.2) is 4.79 Å². The molecule has 3 aromatic rings. The molecule has 4 rings (SSSR count). The standard InChI is InChI=1S/C25H22N4O3/c26-13-17-6-7-20-14-29(15-21(20)12-17)25(32)27-22-10-8-19(9-11-22)24(31)28-23(16-30)18-4-2-1-3-5-18/h1-12,23,30H,14-16H2,(H,27,32)(H,28,31)/t23-/m0/s1. The second-order valence-electron chi connectivity index (χ2n) is 7.58. The smallest absolute Gasteiger partial charge is 0.322 e. The topological polar surface area (TPSA) is 105 Å². The molecule has 0 saturated heterocycles. The number of amides is 3. The van der Waals surface area contributed by atoms with Gasteiger partial charge in [0.2, 0.25) is 0 Å². The van der Waals surface area contributed by atoms with Crippen molar-refractivity contribution in [3.05, 3.63) is 101 Å². The molecule has 0 fully saturated rings. The average molecular weight is 426 g/mol. The maximum absolute atomic E-state index is 12.6. The molecule has 1 aliphatic rings. The first-order valence-electron chi connectivity index (χ1n) is 10.2. The van der Waals surface area contributed by atoms with Gasteiger partial charge in [-0.3, -0.25) is 4.79 Å². The molecular formula is C25H22N4O3. The Morgan fingerprint density at radius 3 is 2.41 bits per heavy atom. The van der Waals surface area contributed by atoms with Crippen molar-refractivity contribution in [2.75, 3.05) is 11.9 Å². The molecule has 160 valence electrons. The van der Waals surface area contributed by atoms with Gasteiger partial charge >= 0.3 is 6.03 Å². The lowest BCUT2D eigenvalue weighted by molar-refractivity contribution is 0.0916. The fraction of sp³-hybridized carbons (Fsp3) is 0.160. The van der Waals surface area contributed by atoms with Gasteiger partial charge in [-0.05, 0) is 53.1 Å². The van der Waals surface area contributed by atoms with Crippen molar-refractivity contribution < 1.29 is 14.7 Å². The number of aliphatic hydroxyl groups excluding tert-OH is 1. The summed E-state index contributed by atoms with van der Waals surface area (Å²) < 4.78 is 0. The lowest BCUT2D eigenvalue weighted by Gasteiger charge is -2.18. The Hall–Kier alpha value is -4.15. The molecule has 1 heterocycles. The van der Waals surface area contributed by atoms with Crippen LogP contribution in [0.3, 0.4) is 0 Å². The number of hydrogen-bond acceptors (Lipinski definition) is 4. The van der Waals surface area contributed by atoms with Gasteiger partial charge in [-0.15, -0.1) is 0 Å². The molecule has 3 N–H and O–H groups in total. The first-order chi connectivity index (χ1) is 15.6. The fourth-order valence-electron chi connectivity index (χ4n) is 3.68. The third kappa shape index (κ3) is 4.61. The number of fused-ring (bicyclic) bond motifs is 1. The van der Waals surface area contributed by atoms with Gasteiger partial charge in [0.15, 0.2) is 0 Å². The zero-order chi connectivity index (χ0) is 22.5. The van der Waals surface area contributed by atoms with Crippen molar-refractivity contribution >= 4 is 17.6 Å². The predicted molar refractivity (Wildman–Crippen MR) is 120 cm³/mol. The number of aliphatic hydroxyl groups is 1. The molecule has 0 aliphatic carbocycles. The summed E-state index contributed by atoms with van der Waals surface area (Å²) in [6.07, 6.45) is 0. The molecule has 0 bridgehead atoms. The summed E-state index contributed by atoms with van der Waals surface area (Å²) in [6.45, 7) is 0.715. The lowest BCUT2D eigenvalue weighted by atomic mass is 10.1. The second-order valence-corrected chi connectivity index (χ2v) is 7.58. The van der Waals surface area contributed by atoms with E-state index < -0.39 is 6.04 Å². The quantitative estimate of drug-likeness (QED) is 0.580. The Balaban J connectivity index is 1.36. The van der Waals surface area contributed by atoms with Crippen LogP contribution in [0.4, 0.5) is 10.5 Å². The number of rotatable bonds is 5. The van der Waals surface area contributed by atoms with Crippen molar-refractivity contribution in [3.8, 4) is 6.07 Å². The van der Waals surface area contributed by atoms with Crippen molar-refractivity contribution in [1.29, 1.82) is 5.26 Å². The average Bonchev–Trinajstić information content (AvgIpc) is 3.27. The Morgan fingerprint density at radius 1 is 1.00 bits per heavy atom. The molecule has 1 atom stereocenters. The number of benzene rings is 3. The van der Waals surface area contributed by atoms with Crippen LogP contribution in [-0.4, -0.2) is 28.6 Å². The number of nitrogens with zero attached hydrogens (tertiary/aromatic N) is 2. The van der Waals surface area contributed by atoms with E-state index in [-0.39, 0.29) is 18.5 Å². The highest BCUT2D eigenvalue weighted by Crippen LogP contribution is 2.24. The van der Waals surface area contributed by atoms with Crippen LogP contribution in [-0.2, 0) is 13.1 Å². The largest absolute Gasteiger partial charge is 0.394 e. The maximum atomic E-state index is 12.6. The summed E-state index contributed by atoms with van der Waals surface area (Å²) in [5.41, 5.74) is 4.40. The van der Waals surface area contributed by atoms with Gasteiger partial charge in [-0.2, -0.15) is 5.26 Å². The summed E-state index contributed by atoms with van der Waals surface area (Å²) in [5, 5.41) is 24.3. The summed E-state index contributed by atoms with van der Waals surface area (Å²) >= 11 is 0. The third-order valence-electron chi connectivity index (χ3n) is 5.43. The van der Waals surface area contributed by atoms with Crippen molar-refractivity contribution in [3.63, 3.8) is 0 Å². The highest BCUT2D eigenvalue weighted by Gasteiger charge is 2.23. The van der Waals surface area contributed by atoms with Crippen molar-refractivity contribution in [2.45, 2.75) is 19.1 Å². The first kappa shape index (κ1) is 21.1. The predicted octanol–water partition coefficient (Wildman–Crippen LogP) is 3.57. The van der Waals surface area contributed by atoms with E-state index in [9.17, 15) is 14.7 Å². The SMILES string of the molecule is N#Cc1ccc2c(c1)CN(C(=O)Nc1ccc(C(=O)N[C@@H](CO)c3ccccc3)cc1)C2. The number of carbonyl (C=O) groups is 2. The monoisotopic (exact) mass is 426 g/mol. The molecule has 0 saturated carbocycles. The molecule has 0 radical (unpaired) electrons. The Bertz CT molecular complexity index is 1170. The molecule has 7 nitrogen and oxygen atoms in total. The van der Waals surface area contributed by atoms with Crippen LogP contribution in [0.1, 0.15) is 38.7 Å². The number of nitriles is 1. The van der Waals surface area contributed by atoms with E-state index in [0.29, 0.717) is 29.9 Å². The fourth-order valence-corrected chi connectivity index (χ4v) is 3.68. The van der Waals surface area contributed by atoms with Crippen LogP contribution in [0.25, 0.3) is 0 Å². The minimum Gasteiger partial charge on any atom is -0.394 e. The molecule has 3 amide bonds. The van der Waals surface area contributed by atoms with E-state index >= 15 is 0 Å². The number of carbonyl (C=O) groups excluding carboxylic acids is 2. The zero-order valence-electron chi connectivity index (χ0n) is 17.3. The number of anilines is 1. The molecule has 1 aliphatic heterocycles. The van der Waals surface area contributed by atoms with Gasteiger partial charge in [0.25, 0.3) is 5.91 Å². The van der Waals surface area contributed by atoms with Crippen molar-refractivity contribution in [1.82, 2.24) is 10.2 Å². The molecular weight excluding hydrogens is 404 g/mol. The Labute approximate surface area is 185 Å². The van der Waals surface area contributed by atoms with Crippen LogP contribution >= 0.6 is 0 Å². The third-order valence-corrected chi connectivity index (χ3v) is 5.43. The summed E-state index contributed by atoms with van der Waals surface area (Å²) in [4.78, 5) is 26.9. The van der Waals surface area contributed by atoms with Gasteiger partial charge < -0.3 is 20.6 Å². The zero-order valence-corrected chi connectivity index (χ0v) is 17.3. The van der Waals surface area contributed by atoms with E-state index in [4.69, 9.17) is 5.26 Å². The molecule has 32 heavy (non-hydrogen) atoms. The molecule has 3 aromatic carbocycles. The van der Waals surface area contributed by atoms with E-state index in [1.165, 1.54) is 0 Å². The van der Waals surface area contributed by atoms with E-state index in [1.807, 2.05) is 42.5 Å². The van der Waals surface area contributed by atoms with Gasteiger partial charge in [-0.1, -0.05) is 36.4 Å². The van der Waals surface area contributed by atoms with Crippen LogP contribution in [0.15, 0.2) is 72.8 Å². The van der Waals surface area contributed by atoms with Gasteiger partial charge in [0.05, 0.1) is 24.3 Å². The number of hydrogen-bond donors (Lipinski definition) is 3.